The Labute approximate surface area is 185 Å². The molecule has 1 atom stereocenters. The molecule has 3 heterocycles. The molecule has 1 fully saturated rings. The molecule has 0 bridgehead atoms. The summed E-state index contributed by atoms with van der Waals surface area (Å²) in [7, 11) is 3.01. The van der Waals surface area contributed by atoms with Crippen LogP contribution in [0.1, 0.15) is 22.2 Å². The molecule has 1 amide bonds. The van der Waals surface area contributed by atoms with Crippen molar-refractivity contribution in [2.75, 3.05) is 53.6 Å². The maximum atomic E-state index is 13.3. The van der Waals surface area contributed by atoms with E-state index in [2.05, 4.69) is 4.90 Å². The van der Waals surface area contributed by atoms with Crippen LogP contribution in [0.25, 0.3) is 0 Å². The fourth-order valence-corrected chi connectivity index (χ4v) is 4.18. The highest BCUT2D eigenvalue weighted by Crippen LogP contribution is 2.45. The van der Waals surface area contributed by atoms with Gasteiger partial charge in [0.1, 0.15) is 0 Å². The summed E-state index contributed by atoms with van der Waals surface area (Å²) in [6.07, 6.45) is 1.37. The standard InChI is InChI=1S/C23H26N2O7/c1-29-17-6-3-5-15(22(17)30-2)19-18(20(26)16-7-4-12-32-16)21(27)23(28)25(19)9-8-24-10-13-31-14-11-24/h3-7,12,19,27H,8-11,13-14H2,1-2H3/t19-/m0/s1. The molecule has 1 aromatic carbocycles. The second kappa shape index (κ2) is 9.46. The normalized spacial score (nSPS) is 19.5. The first kappa shape index (κ1) is 21.9. The molecule has 0 saturated carbocycles. The molecular weight excluding hydrogens is 416 g/mol. The van der Waals surface area contributed by atoms with Crippen LogP contribution in [0.2, 0.25) is 0 Å². The molecule has 2 aromatic rings. The van der Waals surface area contributed by atoms with Crippen molar-refractivity contribution in [3.05, 3.63) is 59.3 Å². The monoisotopic (exact) mass is 442 g/mol. The summed E-state index contributed by atoms with van der Waals surface area (Å²) >= 11 is 0. The molecule has 0 aliphatic carbocycles. The van der Waals surface area contributed by atoms with Gasteiger partial charge in [-0.15, -0.1) is 0 Å². The number of ketones is 1. The predicted octanol–water partition coefficient (Wildman–Crippen LogP) is 2.21. The van der Waals surface area contributed by atoms with Gasteiger partial charge >= 0.3 is 0 Å². The molecule has 32 heavy (non-hydrogen) atoms. The number of Topliss-reactive ketones (excluding diaryl/α,β-unsaturated/α-hetero) is 1. The predicted molar refractivity (Wildman–Crippen MR) is 114 cm³/mol. The van der Waals surface area contributed by atoms with Crippen LogP contribution in [0.4, 0.5) is 0 Å². The van der Waals surface area contributed by atoms with Crippen molar-refractivity contribution in [3.8, 4) is 11.5 Å². The van der Waals surface area contributed by atoms with Crippen molar-refractivity contribution in [2.24, 2.45) is 0 Å². The fourth-order valence-electron chi connectivity index (χ4n) is 4.18. The number of rotatable bonds is 8. The van der Waals surface area contributed by atoms with Crippen LogP contribution in [0.5, 0.6) is 11.5 Å². The van der Waals surface area contributed by atoms with Crippen molar-refractivity contribution in [3.63, 3.8) is 0 Å². The Morgan fingerprint density at radius 3 is 2.56 bits per heavy atom. The highest BCUT2D eigenvalue weighted by atomic mass is 16.5. The van der Waals surface area contributed by atoms with Gasteiger partial charge < -0.3 is 28.6 Å². The molecule has 0 spiro atoms. The van der Waals surface area contributed by atoms with Gasteiger partial charge in [0.25, 0.3) is 5.91 Å². The number of carbonyl (C=O) groups is 2. The number of amides is 1. The first-order valence-electron chi connectivity index (χ1n) is 10.4. The molecule has 1 saturated heterocycles. The van der Waals surface area contributed by atoms with E-state index in [9.17, 15) is 14.7 Å². The lowest BCUT2D eigenvalue weighted by Crippen LogP contribution is -2.43. The van der Waals surface area contributed by atoms with Gasteiger partial charge in [-0.25, -0.2) is 0 Å². The first-order chi connectivity index (χ1) is 15.6. The molecule has 9 nitrogen and oxygen atoms in total. The number of ether oxygens (including phenoxy) is 3. The topological polar surface area (TPSA) is 102 Å². The molecular formula is C23H26N2O7. The van der Waals surface area contributed by atoms with E-state index in [4.69, 9.17) is 18.6 Å². The number of aliphatic hydroxyl groups is 1. The third-order valence-corrected chi connectivity index (χ3v) is 5.78. The largest absolute Gasteiger partial charge is 0.503 e. The van der Waals surface area contributed by atoms with Gasteiger partial charge in [-0.1, -0.05) is 12.1 Å². The minimum Gasteiger partial charge on any atom is -0.503 e. The summed E-state index contributed by atoms with van der Waals surface area (Å²) in [5, 5.41) is 10.8. The van der Waals surface area contributed by atoms with E-state index in [1.807, 2.05) is 0 Å². The van der Waals surface area contributed by atoms with Crippen molar-refractivity contribution >= 4 is 11.7 Å². The molecule has 2 aliphatic heterocycles. The second-order valence-electron chi connectivity index (χ2n) is 7.51. The average Bonchev–Trinajstić information content (AvgIpc) is 3.45. The van der Waals surface area contributed by atoms with E-state index in [0.717, 1.165) is 13.1 Å². The van der Waals surface area contributed by atoms with Gasteiger partial charge in [0.05, 0.1) is 45.3 Å². The minimum absolute atomic E-state index is 0.0428. The maximum absolute atomic E-state index is 13.3. The Morgan fingerprint density at radius 2 is 1.91 bits per heavy atom. The van der Waals surface area contributed by atoms with Gasteiger partial charge in [-0.05, 0) is 18.2 Å². The summed E-state index contributed by atoms with van der Waals surface area (Å²) in [5.41, 5.74) is 0.500. The van der Waals surface area contributed by atoms with Crippen LogP contribution in [0.3, 0.4) is 0 Å². The second-order valence-corrected chi connectivity index (χ2v) is 7.51. The lowest BCUT2D eigenvalue weighted by Gasteiger charge is -2.32. The summed E-state index contributed by atoms with van der Waals surface area (Å²) in [6, 6.07) is 7.48. The van der Waals surface area contributed by atoms with Gasteiger partial charge in [0, 0.05) is 31.7 Å². The zero-order valence-electron chi connectivity index (χ0n) is 18.1. The smallest absolute Gasteiger partial charge is 0.290 e. The molecule has 4 rings (SSSR count). The highest BCUT2D eigenvalue weighted by molar-refractivity contribution is 6.15. The van der Waals surface area contributed by atoms with E-state index >= 15 is 0 Å². The van der Waals surface area contributed by atoms with E-state index < -0.39 is 23.5 Å². The van der Waals surface area contributed by atoms with Crippen LogP contribution in [-0.2, 0) is 9.53 Å². The van der Waals surface area contributed by atoms with Crippen LogP contribution in [0.15, 0.2) is 52.3 Å². The number of hydrogen-bond acceptors (Lipinski definition) is 8. The summed E-state index contributed by atoms with van der Waals surface area (Å²) < 4.78 is 21.7. The Kier molecular flexibility index (Phi) is 6.48. The Morgan fingerprint density at radius 1 is 1.12 bits per heavy atom. The molecule has 170 valence electrons. The summed E-state index contributed by atoms with van der Waals surface area (Å²) in [4.78, 5) is 30.1. The number of morpholine rings is 1. The number of methoxy groups -OCH3 is 2. The van der Waals surface area contributed by atoms with E-state index in [0.29, 0.717) is 43.4 Å². The molecule has 0 unspecified atom stereocenters. The number of aliphatic hydroxyl groups excluding tert-OH is 1. The fraction of sp³-hybridized carbons (Fsp3) is 0.391. The molecule has 1 aromatic heterocycles. The number of carbonyl (C=O) groups excluding carboxylic acids is 2. The first-order valence-corrected chi connectivity index (χ1v) is 10.4. The minimum atomic E-state index is -0.855. The number of para-hydroxylation sites is 1. The Hall–Kier alpha value is -3.30. The Bertz CT molecular complexity index is 1010. The average molecular weight is 442 g/mol. The molecule has 0 radical (unpaired) electrons. The lowest BCUT2D eigenvalue weighted by atomic mass is 9.94. The van der Waals surface area contributed by atoms with Crippen molar-refractivity contribution in [1.82, 2.24) is 9.80 Å². The molecule has 2 aliphatic rings. The van der Waals surface area contributed by atoms with Crippen molar-refractivity contribution in [1.29, 1.82) is 0 Å². The molecule has 1 N–H and O–H groups in total. The number of hydrogen-bond donors (Lipinski definition) is 1. The number of nitrogens with zero attached hydrogens (tertiary/aromatic N) is 2. The van der Waals surface area contributed by atoms with E-state index in [1.165, 1.54) is 31.4 Å². The van der Waals surface area contributed by atoms with Crippen LogP contribution in [-0.4, -0.2) is 80.2 Å². The summed E-state index contributed by atoms with van der Waals surface area (Å²) in [6.45, 7) is 3.66. The van der Waals surface area contributed by atoms with Gasteiger partial charge in [-0.3, -0.25) is 14.5 Å². The zero-order valence-corrected chi connectivity index (χ0v) is 18.1. The van der Waals surface area contributed by atoms with Crippen molar-refractivity contribution in [2.45, 2.75) is 6.04 Å². The number of benzene rings is 1. The van der Waals surface area contributed by atoms with Gasteiger partial charge in [-0.2, -0.15) is 0 Å². The van der Waals surface area contributed by atoms with Crippen molar-refractivity contribution < 1.29 is 33.3 Å². The van der Waals surface area contributed by atoms with Gasteiger partial charge in [0.15, 0.2) is 23.0 Å². The highest BCUT2D eigenvalue weighted by Gasteiger charge is 2.45. The summed E-state index contributed by atoms with van der Waals surface area (Å²) in [5.74, 6) is -0.845. The third kappa shape index (κ3) is 3.96. The van der Waals surface area contributed by atoms with Crippen LogP contribution >= 0.6 is 0 Å². The Balaban J connectivity index is 1.75. The number of furan rings is 1. The quantitative estimate of drug-likeness (QED) is 0.621. The van der Waals surface area contributed by atoms with E-state index in [1.54, 1.807) is 24.3 Å². The third-order valence-electron chi connectivity index (χ3n) is 5.78. The molecule has 9 heteroatoms. The van der Waals surface area contributed by atoms with Gasteiger partial charge in [0.2, 0.25) is 5.78 Å². The van der Waals surface area contributed by atoms with E-state index in [-0.39, 0.29) is 11.3 Å². The SMILES string of the molecule is COc1cccc([C@H]2C(C(=O)c3ccco3)=C(O)C(=O)N2CCN2CCOCC2)c1OC. The maximum Gasteiger partial charge on any atom is 0.290 e. The van der Waals surface area contributed by atoms with Crippen LogP contribution in [0, 0.1) is 0 Å². The zero-order chi connectivity index (χ0) is 22.7. The van der Waals surface area contributed by atoms with Crippen LogP contribution < -0.4 is 9.47 Å². The lowest BCUT2D eigenvalue weighted by molar-refractivity contribution is -0.129.